The van der Waals surface area contributed by atoms with E-state index in [1.54, 1.807) is 18.5 Å². The SMILES string of the molecule is COc1ncc(-c2ccc3nccc(-c4ccc(CO)cc4)c3c2)cc1NS(=O)(=O)c1ccccc1F. The number of hydrogen-bond donors (Lipinski definition) is 2. The molecule has 186 valence electrons. The number of methoxy groups -OCH3 is 1. The molecule has 0 fully saturated rings. The molecule has 0 atom stereocenters. The van der Waals surface area contributed by atoms with E-state index >= 15 is 0 Å². The van der Waals surface area contributed by atoms with Gasteiger partial charge < -0.3 is 9.84 Å². The molecule has 37 heavy (non-hydrogen) atoms. The number of aliphatic hydroxyl groups is 1. The summed E-state index contributed by atoms with van der Waals surface area (Å²) in [6.07, 6.45) is 3.31. The molecular formula is C28H22FN3O4S. The predicted octanol–water partition coefficient (Wildman–Crippen LogP) is 5.40. The summed E-state index contributed by atoms with van der Waals surface area (Å²) in [5.74, 6) is -0.810. The summed E-state index contributed by atoms with van der Waals surface area (Å²) in [5, 5.41) is 10.2. The molecule has 0 bridgehead atoms. The summed E-state index contributed by atoms with van der Waals surface area (Å²) in [6, 6.07) is 22.0. The molecule has 5 aromatic rings. The van der Waals surface area contributed by atoms with Crippen molar-refractivity contribution in [1.29, 1.82) is 0 Å². The Balaban J connectivity index is 1.57. The third-order valence-corrected chi connectivity index (χ3v) is 7.34. The molecule has 0 aliphatic heterocycles. The number of benzene rings is 3. The van der Waals surface area contributed by atoms with Gasteiger partial charge >= 0.3 is 0 Å². The topological polar surface area (TPSA) is 101 Å². The quantitative estimate of drug-likeness (QED) is 0.301. The first-order chi connectivity index (χ1) is 17.9. The number of aliphatic hydroxyl groups excluding tert-OH is 1. The van der Waals surface area contributed by atoms with Crippen LogP contribution in [0.2, 0.25) is 0 Å². The van der Waals surface area contributed by atoms with Crippen LogP contribution in [-0.2, 0) is 16.6 Å². The van der Waals surface area contributed by atoms with Crippen molar-refractivity contribution in [2.24, 2.45) is 0 Å². The molecule has 2 N–H and O–H groups in total. The lowest BCUT2D eigenvalue weighted by molar-refractivity contribution is 0.282. The highest BCUT2D eigenvalue weighted by atomic mass is 32.2. The summed E-state index contributed by atoms with van der Waals surface area (Å²) in [7, 11) is -2.86. The molecule has 0 aliphatic carbocycles. The second kappa shape index (κ2) is 9.96. The third kappa shape index (κ3) is 4.87. The van der Waals surface area contributed by atoms with Gasteiger partial charge in [-0.25, -0.2) is 17.8 Å². The molecule has 9 heteroatoms. The summed E-state index contributed by atoms with van der Waals surface area (Å²) in [6.45, 7) is -0.0327. The van der Waals surface area contributed by atoms with Crippen molar-refractivity contribution >= 4 is 26.6 Å². The molecule has 3 aromatic carbocycles. The van der Waals surface area contributed by atoms with Gasteiger partial charge in [0, 0.05) is 23.3 Å². The van der Waals surface area contributed by atoms with E-state index in [0.29, 0.717) is 5.56 Å². The van der Waals surface area contributed by atoms with E-state index in [2.05, 4.69) is 14.7 Å². The molecule has 0 unspecified atom stereocenters. The lowest BCUT2D eigenvalue weighted by atomic mass is 9.97. The molecule has 0 radical (unpaired) electrons. The lowest BCUT2D eigenvalue weighted by Gasteiger charge is -2.14. The summed E-state index contributed by atoms with van der Waals surface area (Å²) in [5.41, 5.74) is 5.00. The van der Waals surface area contributed by atoms with Crippen molar-refractivity contribution < 1.29 is 22.7 Å². The van der Waals surface area contributed by atoms with Crippen molar-refractivity contribution in [2.75, 3.05) is 11.8 Å². The van der Waals surface area contributed by atoms with E-state index in [4.69, 9.17) is 4.74 Å². The molecule has 2 heterocycles. The van der Waals surface area contributed by atoms with Crippen LogP contribution in [0.3, 0.4) is 0 Å². The Morgan fingerprint density at radius 2 is 1.68 bits per heavy atom. The van der Waals surface area contributed by atoms with E-state index < -0.39 is 20.7 Å². The zero-order valence-electron chi connectivity index (χ0n) is 19.7. The van der Waals surface area contributed by atoms with Crippen molar-refractivity contribution in [3.05, 3.63) is 103 Å². The van der Waals surface area contributed by atoms with Crippen LogP contribution in [0.5, 0.6) is 5.88 Å². The van der Waals surface area contributed by atoms with Gasteiger partial charge in [-0.1, -0.05) is 42.5 Å². The molecule has 7 nitrogen and oxygen atoms in total. The Morgan fingerprint density at radius 1 is 0.919 bits per heavy atom. The van der Waals surface area contributed by atoms with Gasteiger partial charge in [0.25, 0.3) is 10.0 Å². The highest BCUT2D eigenvalue weighted by Crippen LogP contribution is 2.34. The number of nitrogens with zero attached hydrogens (tertiary/aromatic N) is 2. The summed E-state index contributed by atoms with van der Waals surface area (Å²) >= 11 is 0. The van der Waals surface area contributed by atoms with E-state index in [-0.39, 0.29) is 18.2 Å². The fourth-order valence-corrected chi connectivity index (χ4v) is 5.20. The number of rotatable bonds is 7. The fourth-order valence-electron chi connectivity index (χ4n) is 4.08. The summed E-state index contributed by atoms with van der Waals surface area (Å²) < 4.78 is 47.7. The molecule has 0 saturated carbocycles. The highest BCUT2D eigenvalue weighted by molar-refractivity contribution is 7.92. The Bertz CT molecular complexity index is 1710. The predicted molar refractivity (Wildman–Crippen MR) is 140 cm³/mol. The Hall–Kier alpha value is -4.34. The first-order valence-corrected chi connectivity index (χ1v) is 12.8. The maximum absolute atomic E-state index is 14.2. The third-order valence-electron chi connectivity index (χ3n) is 5.94. The van der Waals surface area contributed by atoms with Crippen LogP contribution >= 0.6 is 0 Å². The minimum Gasteiger partial charge on any atom is -0.480 e. The average molecular weight is 516 g/mol. The highest BCUT2D eigenvalue weighted by Gasteiger charge is 2.21. The fraction of sp³-hybridized carbons (Fsp3) is 0.0714. The van der Waals surface area contributed by atoms with Gasteiger partial charge in [0.2, 0.25) is 5.88 Å². The Morgan fingerprint density at radius 3 is 2.41 bits per heavy atom. The maximum atomic E-state index is 14.2. The number of halogens is 1. The number of fused-ring (bicyclic) bond motifs is 1. The van der Waals surface area contributed by atoms with Gasteiger partial charge in [0.15, 0.2) is 0 Å². The van der Waals surface area contributed by atoms with Crippen LogP contribution < -0.4 is 9.46 Å². The molecule has 0 saturated heterocycles. The van der Waals surface area contributed by atoms with E-state index in [9.17, 15) is 17.9 Å². The molecular weight excluding hydrogens is 493 g/mol. The summed E-state index contributed by atoms with van der Waals surface area (Å²) in [4.78, 5) is 8.26. The van der Waals surface area contributed by atoms with Gasteiger partial charge in [-0.3, -0.25) is 9.71 Å². The van der Waals surface area contributed by atoms with Crippen LogP contribution in [0.15, 0.2) is 96.2 Å². The average Bonchev–Trinajstić information content (AvgIpc) is 2.92. The second-order valence-corrected chi connectivity index (χ2v) is 9.91. The van der Waals surface area contributed by atoms with Gasteiger partial charge in [0.05, 0.1) is 19.2 Å². The number of pyridine rings is 2. The number of ether oxygens (including phenoxy) is 1. The molecule has 2 aromatic heterocycles. The van der Waals surface area contributed by atoms with Gasteiger partial charge in [0.1, 0.15) is 16.4 Å². The van der Waals surface area contributed by atoms with Gasteiger partial charge in [-0.2, -0.15) is 0 Å². The lowest BCUT2D eigenvalue weighted by Crippen LogP contribution is -2.15. The van der Waals surface area contributed by atoms with E-state index in [1.807, 2.05) is 48.5 Å². The molecule has 0 spiro atoms. The van der Waals surface area contributed by atoms with Crippen LogP contribution in [0.4, 0.5) is 10.1 Å². The van der Waals surface area contributed by atoms with Gasteiger partial charge in [-0.15, -0.1) is 0 Å². The van der Waals surface area contributed by atoms with E-state index in [0.717, 1.165) is 39.2 Å². The number of sulfonamides is 1. The van der Waals surface area contributed by atoms with Crippen molar-refractivity contribution in [1.82, 2.24) is 9.97 Å². The first kappa shape index (κ1) is 24.4. The zero-order valence-corrected chi connectivity index (χ0v) is 20.5. The minimum absolute atomic E-state index is 0.0327. The van der Waals surface area contributed by atoms with Crippen LogP contribution in [0.1, 0.15) is 5.56 Å². The van der Waals surface area contributed by atoms with Crippen molar-refractivity contribution in [3.63, 3.8) is 0 Å². The normalized spacial score (nSPS) is 11.4. The Labute approximate surface area is 213 Å². The zero-order chi connectivity index (χ0) is 26.0. The van der Waals surface area contributed by atoms with Crippen molar-refractivity contribution in [3.8, 4) is 28.1 Å². The number of hydrogen-bond acceptors (Lipinski definition) is 6. The largest absolute Gasteiger partial charge is 0.480 e. The molecule has 0 amide bonds. The monoisotopic (exact) mass is 515 g/mol. The Kier molecular flexibility index (Phi) is 6.56. The van der Waals surface area contributed by atoms with Crippen LogP contribution in [0.25, 0.3) is 33.2 Å². The molecule has 5 rings (SSSR count). The van der Waals surface area contributed by atoms with Crippen molar-refractivity contribution in [2.45, 2.75) is 11.5 Å². The number of nitrogens with one attached hydrogen (secondary N) is 1. The maximum Gasteiger partial charge on any atom is 0.264 e. The van der Waals surface area contributed by atoms with Gasteiger partial charge in [-0.05, 0) is 58.7 Å². The minimum atomic E-state index is -4.23. The number of aromatic nitrogens is 2. The standard InChI is InChI=1S/C28H22FN3O4S/c1-36-28-26(32-37(34,35)27-5-3-2-4-24(27)29)15-21(16-31-28)20-10-11-25-23(14-20)22(12-13-30-25)19-8-6-18(17-33)7-9-19/h2-16,32-33H,17H2,1H3. The number of anilines is 1. The molecule has 0 aliphatic rings. The smallest absolute Gasteiger partial charge is 0.264 e. The van der Waals surface area contributed by atoms with Crippen LogP contribution in [0, 0.1) is 5.82 Å². The van der Waals surface area contributed by atoms with E-state index in [1.165, 1.54) is 25.3 Å². The second-order valence-electron chi connectivity index (χ2n) is 8.26. The van der Waals surface area contributed by atoms with Crippen LogP contribution in [-0.4, -0.2) is 30.6 Å². The first-order valence-electron chi connectivity index (χ1n) is 11.3.